The number of ketones is 1. The van der Waals surface area contributed by atoms with Crippen molar-refractivity contribution >= 4 is 23.3 Å². The summed E-state index contributed by atoms with van der Waals surface area (Å²) in [6.07, 6.45) is 1.33. The summed E-state index contributed by atoms with van der Waals surface area (Å²) in [5.41, 5.74) is 3.46. The molecule has 1 fully saturated rings. The SMILES string of the molecule is Cc1cc(C(=O)COC(=O)c2ccc(N3CCCC3=O)cc2)c(C)n1-c1ccc(OC(F)F)cc1. The molecule has 0 spiro atoms. The molecule has 3 aromatic rings. The third-order valence-electron chi connectivity index (χ3n) is 5.87. The molecule has 0 bridgehead atoms. The Kier molecular flexibility index (Phi) is 6.95. The Bertz CT molecular complexity index is 1250. The molecule has 1 saturated heterocycles. The van der Waals surface area contributed by atoms with Gasteiger partial charge < -0.3 is 18.9 Å². The van der Waals surface area contributed by atoms with Crippen LogP contribution in [0.4, 0.5) is 14.5 Å². The van der Waals surface area contributed by atoms with Gasteiger partial charge >= 0.3 is 12.6 Å². The fraction of sp³-hybridized carbons (Fsp3) is 0.269. The van der Waals surface area contributed by atoms with E-state index >= 15 is 0 Å². The van der Waals surface area contributed by atoms with Gasteiger partial charge in [-0.3, -0.25) is 9.59 Å². The lowest BCUT2D eigenvalue weighted by molar-refractivity contribution is -0.117. The molecule has 1 amide bonds. The number of halogens is 2. The average Bonchev–Trinajstić information content (AvgIpc) is 3.39. The van der Waals surface area contributed by atoms with Gasteiger partial charge in [0.15, 0.2) is 6.61 Å². The Morgan fingerprint density at radius 1 is 1.00 bits per heavy atom. The van der Waals surface area contributed by atoms with Crippen molar-refractivity contribution in [2.75, 3.05) is 18.1 Å². The molecule has 0 radical (unpaired) electrons. The molecule has 35 heavy (non-hydrogen) atoms. The van der Waals surface area contributed by atoms with Crippen molar-refractivity contribution in [3.8, 4) is 11.4 Å². The van der Waals surface area contributed by atoms with E-state index in [-0.39, 0.29) is 23.0 Å². The van der Waals surface area contributed by atoms with Crippen LogP contribution in [0.5, 0.6) is 5.75 Å². The molecule has 0 saturated carbocycles. The lowest BCUT2D eigenvalue weighted by Crippen LogP contribution is -2.23. The molecular formula is C26H24F2N2O5. The first-order chi connectivity index (χ1) is 16.7. The first-order valence-electron chi connectivity index (χ1n) is 11.1. The van der Waals surface area contributed by atoms with E-state index in [4.69, 9.17) is 4.74 Å². The number of hydrogen-bond acceptors (Lipinski definition) is 5. The third-order valence-corrected chi connectivity index (χ3v) is 5.87. The molecule has 1 aromatic heterocycles. The summed E-state index contributed by atoms with van der Waals surface area (Å²) >= 11 is 0. The zero-order valence-corrected chi connectivity index (χ0v) is 19.3. The van der Waals surface area contributed by atoms with E-state index < -0.39 is 19.2 Å². The highest BCUT2D eigenvalue weighted by molar-refractivity contribution is 6.01. The van der Waals surface area contributed by atoms with E-state index in [1.54, 1.807) is 58.9 Å². The molecule has 0 aliphatic carbocycles. The first kappa shape index (κ1) is 24.1. The molecule has 4 rings (SSSR count). The van der Waals surface area contributed by atoms with Gasteiger partial charge in [0.05, 0.1) is 5.56 Å². The van der Waals surface area contributed by atoms with Gasteiger partial charge in [0.2, 0.25) is 11.7 Å². The van der Waals surface area contributed by atoms with E-state index in [1.807, 2.05) is 6.92 Å². The number of ether oxygens (including phenoxy) is 2. The van der Waals surface area contributed by atoms with Crippen LogP contribution in [0.25, 0.3) is 5.69 Å². The van der Waals surface area contributed by atoms with Crippen LogP contribution in [-0.4, -0.2) is 42.0 Å². The summed E-state index contributed by atoms with van der Waals surface area (Å²) in [5, 5.41) is 0. The number of anilines is 1. The summed E-state index contributed by atoms with van der Waals surface area (Å²) in [4.78, 5) is 38.8. The van der Waals surface area contributed by atoms with Gasteiger partial charge in [-0.05, 0) is 74.9 Å². The minimum atomic E-state index is -2.91. The molecule has 2 heterocycles. The fourth-order valence-corrected chi connectivity index (χ4v) is 4.21. The van der Waals surface area contributed by atoms with Gasteiger partial charge in [-0.25, -0.2) is 4.79 Å². The minimum absolute atomic E-state index is 0.0366. The van der Waals surface area contributed by atoms with E-state index in [9.17, 15) is 23.2 Å². The van der Waals surface area contributed by atoms with Crippen LogP contribution in [0.15, 0.2) is 54.6 Å². The molecule has 1 aliphatic rings. The van der Waals surface area contributed by atoms with Gasteiger partial charge in [0.1, 0.15) is 5.75 Å². The van der Waals surface area contributed by atoms with E-state index in [0.717, 1.165) is 17.8 Å². The van der Waals surface area contributed by atoms with Crippen molar-refractivity contribution in [1.82, 2.24) is 4.57 Å². The number of benzene rings is 2. The normalized spacial score (nSPS) is 13.4. The number of aromatic nitrogens is 1. The number of rotatable bonds is 8. The standard InChI is InChI=1S/C26H24F2N2O5/c1-16-14-22(17(2)30(16)20-9-11-21(12-10-20)35-26(27)28)23(31)15-34-25(33)18-5-7-19(8-6-18)29-13-3-4-24(29)32/h5-12,14,26H,3-4,13,15H2,1-2H3. The van der Waals surface area contributed by atoms with E-state index in [0.29, 0.717) is 29.9 Å². The highest BCUT2D eigenvalue weighted by atomic mass is 19.3. The molecule has 2 aromatic carbocycles. The number of hydrogen-bond donors (Lipinski definition) is 0. The third kappa shape index (κ3) is 5.24. The second kappa shape index (κ2) is 10.1. The molecule has 0 atom stereocenters. The largest absolute Gasteiger partial charge is 0.454 e. The van der Waals surface area contributed by atoms with Crippen LogP contribution in [0, 0.1) is 13.8 Å². The number of esters is 1. The Morgan fingerprint density at radius 2 is 1.66 bits per heavy atom. The van der Waals surface area contributed by atoms with Crippen molar-refractivity contribution in [2.24, 2.45) is 0 Å². The highest BCUT2D eigenvalue weighted by Gasteiger charge is 2.22. The van der Waals surface area contributed by atoms with Gasteiger partial charge in [0.25, 0.3) is 0 Å². The molecule has 0 N–H and O–H groups in total. The summed E-state index contributed by atoms with van der Waals surface area (Å²) in [6, 6.07) is 14.3. The van der Waals surface area contributed by atoms with Gasteiger partial charge in [-0.2, -0.15) is 8.78 Å². The number of aryl methyl sites for hydroxylation is 1. The summed E-state index contributed by atoms with van der Waals surface area (Å²) in [5.74, 6) is -0.911. The predicted octanol–water partition coefficient (Wildman–Crippen LogP) is 4.86. The number of alkyl halides is 2. The van der Waals surface area contributed by atoms with Crippen molar-refractivity contribution < 1.29 is 32.6 Å². The summed E-state index contributed by atoms with van der Waals surface area (Å²) in [7, 11) is 0. The zero-order valence-electron chi connectivity index (χ0n) is 19.3. The minimum Gasteiger partial charge on any atom is -0.454 e. The van der Waals surface area contributed by atoms with Crippen molar-refractivity contribution in [2.45, 2.75) is 33.3 Å². The fourth-order valence-electron chi connectivity index (χ4n) is 4.21. The number of carbonyl (C=O) groups is 3. The maximum atomic E-state index is 12.8. The highest BCUT2D eigenvalue weighted by Crippen LogP contribution is 2.25. The van der Waals surface area contributed by atoms with Gasteiger partial charge in [0, 0.05) is 41.3 Å². The molecular weight excluding hydrogens is 458 g/mol. The first-order valence-corrected chi connectivity index (χ1v) is 11.1. The Balaban J connectivity index is 1.41. The Hall–Kier alpha value is -4.01. The second-order valence-corrected chi connectivity index (χ2v) is 8.19. The van der Waals surface area contributed by atoms with Crippen LogP contribution in [0.3, 0.4) is 0 Å². The van der Waals surface area contributed by atoms with Gasteiger partial charge in [-0.1, -0.05) is 0 Å². The van der Waals surface area contributed by atoms with Crippen LogP contribution < -0.4 is 9.64 Å². The lowest BCUT2D eigenvalue weighted by Gasteiger charge is -2.15. The van der Waals surface area contributed by atoms with Crippen LogP contribution >= 0.6 is 0 Å². The van der Waals surface area contributed by atoms with E-state index in [1.165, 1.54) is 12.1 Å². The van der Waals surface area contributed by atoms with Crippen molar-refractivity contribution in [3.63, 3.8) is 0 Å². The molecule has 7 nitrogen and oxygen atoms in total. The maximum Gasteiger partial charge on any atom is 0.387 e. The van der Waals surface area contributed by atoms with Crippen LogP contribution in [0.1, 0.15) is 44.9 Å². The lowest BCUT2D eigenvalue weighted by atomic mass is 10.1. The molecule has 0 unspecified atom stereocenters. The zero-order chi connectivity index (χ0) is 25.1. The van der Waals surface area contributed by atoms with Crippen molar-refractivity contribution in [3.05, 3.63) is 77.1 Å². The van der Waals surface area contributed by atoms with Crippen molar-refractivity contribution in [1.29, 1.82) is 0 Å². The van der Waals surface area contributed by atoms with E-state index in [2.05, 4.69) is 4.74 Å². The second-order valence-electron chi connectivity index (χ2n) is 8.19. The molecule has 182 valence electrons. The Labute approximate surface area is 200 Å². The van der Waals surface area contributed by atoms with Crippen LogP contribution in [0.2, 0.25) is 0 Å². The maximum absolute atomic E-state index is 12.8. The summed E-state index contributed by atoms with van der Waals surface area (Å²) in [6.45, 7) is 0.880. The summed E-state index contributed by atoms with van der Waals surface area (Å²) < 4.78 is 36.2. The average molecular weight is 482 g/mol. The number of amides is 1. The molecule has 1 aliphatic heterocycles. The Morgan fingerprint density at radius 3 is 2.26 bits per heavy atom. The quantitative estimate of drug-likeness (QED) is 0.338. The number of Topliss-reactive ketones (excluding diaryl/α,β-unsaturated/α-hetero) is 1. The predicted molar refractivity (Wildman–Crippen MR) is 125 cm³/mol. The topological polar surface area (TPSA) is 77.8 Å². The molecule has 9 heteroatoms. The van der Waals surface area contributed by atoms with Crippen LogP contribution in [-0.2, 0) is 9.53 Å². The monoisotopic (exact) mass is 482 g/mol. The number of nitrogens with zero attached hydrogens (tertiary/aromatic N) is 2. The van der Waals surface area contributed by atoms with Gasteiger partial charge in [-0.15, -0.1) is 0 Å². The number of carbonyl (C=O) groups excluding carboxylic acids is 3. The smallest absolute Gasteiger partial charge is 0.387 e.